The minimum Gasteiger partial charge on any atom is -0.494 e. The molecule has 2 rings (SSSR count). The number of carboxylic acid groups (broad SMARTS) is 1. The molecule has 0 aromatic heterocycles. The van der Waals surface area contributed by atoms with Gasteiger partial charge in [0.1, 0.15) is 5.75 Å². The number of carbonyl (C=O) groups is 1. The highest BCUT2D eigenvalue weighted by molar-refractivity contribution is 9.10. The molecular formula is C17H23BrO3. The molecule has 0 amide bonds. The number of hydrogen-bond donors (Lipinski definition) is 1. The highest BCUT2D eigenvalue weighted by atomic mass is 79.9. The Balaban J connectivity index is 1.91. The number of aliphatic carboxylic acids is 1. The van der Waals surface area contributed by atoms with Crippen molar-refractivity contribution < 1.29 is 14.6 Å². The van der Waals surface area contributed by atoms with Crippen molar-refractivity contribution in [3.63, 3.8) is 0 Å². The van der Waals surface area contributed by atoms with E-state index in [-0.39, 0.29) is 0 Å². The van der Waals surface area contributed by atoms with Crippen LogP contribution in [-0.2, 0) is 4.79 Å². The van der Waals surface area contributed by atoms with Crippen LogP contribution in [0.3, 0.4) is 0 Å². The van der Waals surface area contributed by atoms with E-state index in [0.717, 1.165) is 42.3 Å². The van der Waals surface area contributed by atoms with E-state index in [1.165, 1.54) is 0 Å². The molecule has 4 heteroatoms. The van der Waals surface area contributed by atoms with Gasteiger partial charge < -0.3 is 9.84 Å². The summed E-state index contributed by atoms with van der Waals surface area (Å²) in [5.41, 5.74) is -0.586. The first-order valence-corrected chi connectivity index (χ1v) is 8.47. The highest BCUT2D eigenvalue weighted by Gasteiger charge is 2.41. The summed E-state index contributed by atoms with van der Waals surface area (Å²) in [6.07, 6.45) is 5.36. The van der Waals surface area contributed by atoms with Gasteiger partial charge in [-0.3, -0.25) is 4.79 Å². The molecule has 0 radical (unpaired) electrons. The van der Waals surface area contributed by atoms with Crippen LogP contribution >= 0.6 is 15.9 Å². The van der Waals surface area contributed by atoms with Gasteiger partial charge in [0.25, 0.3) is 0 Å². The number of benzene rings is 1. The molecule has 1 fully saturated rings. The van der Waals surface area contributed by atoms with Crippen molar-refractivity contribution in [2.45, 2.75) is 45.4 Å². The predicted molar refractivity (Wildman–Crippen MR) is 86.6 cm³/mol. The van der Waals surface area contributed by atoms with Crippen LogP contribution in [0.15, 0.2) is 28.7 Å². The molecule has 1 aliphatic carbocycles. The van der Waals surface area contributed by atoms with Crippen molar-refractivity contribution in [1.82, 2.24) is 0 Å². The summed E-state index contributed by atoms with van der Waals surface area (Å²) < 4.78 is 6.69. The van der Waals surface area contributed by atoms with E-state index in [1.54, 1.807) is 0 Å². The Labute approximate surface area is 134 Å². The van der Waals surface area contributed by atoms with E-state index in [9.17, 15) is 9.90 Å². The quantitative estimate of drug-likeness (QED) is 0.790. The largest absolute Gasteiger partial charge is 0.494 e. The van der Waals surface area contributed by atoms with Gasteiger partial charge in [-0.15, -0.1) is 0 Å². The van der Waals surface area contributed by atoms with E-state index in [4.69, 9.17) is 4.74 Å². The fourth-order valence-corrected chi connectivity index (χ4v) is 3.51. The number of rotatable bonds is 6. The van der Waals surface area contributed by atoms with Crippen molar-refractivity contribution in [2.75, 3.05) is 6.61 Å². The van der Waals surface area contributed by atoms with Gasteiger partial charge in [0, 0.05) is 4.47 Å². The predicted octanol–water partition coefficient (Wildman–Crippen LogP) is 4.89. The minimum atomic E-state index is -0.658. The summed E-state index contributed by atoms with van der Waals surface area (Å²) in [5, 5.41) is 9.63. The first-order chi connectivity index (χ1) is 10.1. The van der Waals surface area contributed by atoms with Gasteiger partial charge in [0.2, 0.25) is 0 Å². The molecule has 1 aromatic carbocycles. The van der Waals surface area contributed by atoms with Crippen LogP contribution in [0.1, 0.15) is 45.4 Å². The maximum Gasteiger partial charge on any atom is 0.309 e. The van der Waals surface area contributed by atoms with Crippen LogP contribution in [0, 0.1) is 11.3 Å². The molecule has 116 valence electrons. The monoisotopic (exact) mass is 354 g/mol. The van der Waals surface area contributed by atoms with Crippen LogP contribution in [0.25, 0.3) is 0 Å². The van der Waals surface area contributed by atoms with Crippen LogP contribution < -0.4 is 4.74 Å². The second-order valence-electron chi connectivity index (χ2n) is 5.99. The van der Waals surface area contributed by atoms with Crippen molar-refractivity contribution in [3.8, 4) is 5.75 Å². The molecule has 0 saturated heterocycles. The van der Waals surface area contributed by atoms with Crippen LogP contribution in [0.2, 0.25) is 0 Å². The van der Waals surface area contributed by atoms with E-state index in [2.05, 4.69) is 22.9 Å². The molecule has 1 saturated carbocycles. The van der Waals surface area contributed by atoms with E-state index >= 15 is 0 Å². The zero-order valence-electron chi connectivity index (χ0n) is 12.5. The highest BCUT2D eigenvalue weighted by Crippen LogP contribution is 2.42. The van der Waals surface area contributed by atoms with E-state index < -0.39 is 11.4 Å². The Kier molecular flexibility index (Phi) is 5.68. The normalized spacial score (nSPS) is 25.5. The third-order valence-corrected chi connectivity index (χ3v) is 5.23. The molecule has 0 unspecified atom stereocenters. The lowest BCUT2D eigenvalue weighted by Gasteiger charge is -2.36. The number of hydrogen-bond acceptors (Lipinski definition) is 2. The van der Waals surface area contributed by atoms with Gasteiger partial charge in [-0.05, 0) is 56.2 Å². The molecule has 3 nitrogen and oxygen atoms in total. The van der Waals surface area contributed by atoms with Crippen LogP contribution in [0.5, 0.6) is 5.75 Å². The maximum absolute atomic E-state index is 11.7. The lowest BCUT2D eigenvalue weighted by atomic mass is 9.68. The standard InChI is InChI=1S/C17H23BrO3/c1-2-13-6-8-17(9-7-13,16(19)20)10-11-21-15-5-3-4-14(18)12-15/h3-5,12-13H,2,6-11H2,1H3,(H,19,20). The third-order valence-electron chi connectivity index (χ3n) is 4.74. The number of carboxylic acids is 1. The lowest BCUT2D eigenvalue weighted by Crippen LogP contribution is -2.36. The summed E-state index contributed by atoms with van der Waals surface area (Å²) in [5.74, 6) is 0.825. The van der Waals surface area contributed by atoms with Gasteiger partial charge in [0.05, 0.1) is 12.0 Å². The van der Waals surface area contributed by atoms with Gasteiger partial charge in [-0.2, -0.15) is 0 Å². The zero-order chi connectivity index (χ0) is 15.3. The molecule has 0 atom stereocenters. The smallest absolute Gasteiger partial charge is 0.309 e. The second kappa shape index (κ2) is 7.30. The lowest BCUT2D eigenvalue weighted by molar-refractivity contribution is -0.152. The first kappa shape index (κ1) is 16.3. The van der Waals surface area contributed by atoms with Gasteiger partial charge in [0.15, 0.2) is 0 Å². The molecular weight excluding hydrogens is 332 g/mol. The third kappa shape index (κ3) is 4.22. The number of ether oxygens (including phenoxy) is 1. The van der Waals surface area contributed by atoms with Gasteiger partial charge in [-0.25, -0.2) is 0 Å². The van der Waals surface area contributed by atoms with Crippen molar-refractivity contribution in [1.29, 1.82) is 0 Å². The Morgan fingerprint density at radius 3 is 2.71 bits per heavy atom. The Morgan fingerprint density at radius 1 is 1.43 bits per heavy atom. The summed E-state index contributed by atoms with van der Waals surface area (Å²) in [6, 6.07) is 7.66. The van der Waals surface area contributed by atoms with Gasteiger partial charge >= 0.3 is 5.97 Å². The summed E-state index contributed by atoms with van der Waals surface area (Å²) in [4.78, 5) is 11.7. The molecule has 0 spiro atoms. The molecule has 21 heavy (non-hydrogen) atoms. The number of halogens is 1. The summed E-state index contributed by atoms with van der Waals surface area (Å²) in [7, 11) is 0. The van der Waals surface area contributed by atoms with Crippen molar-refractivity contribution >= 4 is 21.9 Å². The van der Waals surface area contributed by atoms with Crippen LogP contribution in [-0.4, -0.2) is 17.7 Å². The molecule has 1 N–H and O–H groups in total. The van der Waals surface area contributed by atoms with Crippen LogP contribution in [0.4, 0.5) is 0 Å². The Hall–Kier alpha value is -1.03. The van der Waals surface area contributed by atoms with Gasteiger partial charge in [-0.1, -0.05) is 35.3 Å². The summed E-state index contributed by atoms with van der Waals surface area (Å²) >= 11 is 3.40. The average Bonchev–Trinajstić information content (AvgIpc) is 2.48. The summed E-state index contributed by atoms with van der Waals surface area (Å²) in [6.45, 7) is 2.65. The maximum atomic E-state index is 11.7. The van der Waals surface area contributed by atoms with E-state index in [0.29, 0.717) is 18.9 Å². The Bertz CT molecular complexity index is 479. The zero-order valence-corrected chi connectivity index (χ0v) is 14.1. The van der Waals surface area contributed by atoms with Crippen molar-refractivity contribution in [3.05, 3.63) is 28.7 Å². The fourth-order valence-electron chi connectivity index (χ4n) is 3.13. The minimum absolute atomic E-state index is 0.458. The topological polar surface area (TPSA) is 46.5 Å². The van der Waals surface area contributed by atoms with E-state index in [1.807, 2.05) is 24.3 Å². The molecule has 1 aromatic rings. The molecule has 0 aliphatic heterocycles. The molecule has 0 heterocycles. The molecule has 1 aliphatic rings. The second-order valence-corrected chi connectivity index (χ2v) is 6.91. The SMILES string of the molecule is CCC1CCC(CCOc2cccc(Br)c2)(C(=O)O)CC1. The first-order valence-electron chi connectivity index (χ1n) is 7.67. The molecule has 0 bridgehead atoms. The Morgan fingerprint density at radius 2 is 2.14 bits per heavy atom. The fraction of sp³-hybridized carbons (Fsp3) is 0.588. The average molecular weight is 355 g/mol. The van der Waals surface area contributed by atoms with Crippen molar-refractivity contribution in [2.24, 2.45) is 11.3 Å².